The molecule has 3 heteroatoms. The summed E-state index contributed by atoms with van der Waals surface area (Å²) >= 11 is 0. The first-order valence-electron chi connectivity index (χ1n) is 2.87. The van der Waals surface area contributed by atoms with Crippen LogP contribution in [0.1, 0.15) is 13.8 Å². The Balaban J connectivity index is 4.01. The maximum absolute atomic E-state index is 4.07. The molecule has 0 rings (SSSR count). The Hall–Kier alpha value is -0.860. The monoisotopic (exact) mass is 127 g/mol. The molecule has 0 aromatic rings. The van der Waals surface area contributed by atoms with Gasteiger partial charge in [0.05, 0.1) is 0 Å². The van der Waals surface area contributed by atoms with E-state index in [1.165, 1.54) is 0 Å². The molecule has 9 heavy (non-hydrogen) atoms. The summed E-state index contributed by atoms with van der Waals surface area (Å²) < 4.78 is 0. The zero-order valence-corrected chi connectivity index (χ0v) is 6.39. The fourth-order valence-corrected chi connectivity index (χ4v) is 0.430. The van der Waals surface area contributed by atoms with Crippen LogP contribution in [0.5, 0.6) is 0 Å². The first-order valence-corrected chi connectivity index (χ1v) is 2.87. The van der Waals surface area contributed by atoms with Crippen molar-refractivity contribution in [3.05, 3.63) is 0 Å². The summed E-state index contributed by atoms with van der Waals surface area (Å²) in [6, 6.07) is 0. The molecule has 3 nitrogen and oxygen atoms in total. The molecule has 0 saturated carbocycles. The van der Waals surface area contributed by atoms with E-state index in [2.05, 4.69) is 15.3 Å². The van der Waals surface area contributed by atoms with E-state index in [1.807, 2.05) is 13.8 Å². The standard InChI is InChI=1S/C6H13N3/c1-5(2)9-6(7-3)8-4/h1-4H3,(H,7,8). The Morgan fingerprint density at radius 3 is 2.00 bits per heavy atom. The highest BCUT2D eigenvalue weighted by Gasteiger charge is 1.85. The smallest absolute Gasteiger partial charge is 0.217 e. The Morgan fingerprint density at radius 2 is 1.89 bits per heavy atom. The van der Waals surface area contributed by atoms with Gasteiger partial charge in [-0.05, 0) is 13.8 Å². The van der Waals surface area contributed by atoms with E-state index < -0.39 is 0 Å². The third-order valence-corrected chi connectivity index (χ3v) is 0.765. The highest BCUT2D eigenvalue weighted by Crippen LogP contribution is 1.76. The number of nitrogens with zero attached hydrogens (tertiary/aromatic N) is 2. The third-order valence-electron chi connectivity index (χ3n) is 0.765. The molecule has 0 spiro atoms. The van der Waals surface area contributed by atoms with Gasteiger partial charge in [0, 0.05) is 19.8 Å². The van der Waals surface area contributed by atoms with Gasteiger partial charge >= 0.3 is 0 Å². The van der Waals surface area contributed by atoms with Crippen molar-refractivity contribution in [2.75, 3.05) is 14.1 Å². The lowest BCUT2D eigenvalue weighted by molar-refractivity contribution is 1.12. The van der Waals surface area contributed by atoms with Crippen molar-refractivity contribution in [2.45, 2.75) is 13.8 Å². The van der Waals surface area contributed by atoms with E-state index >= 15 is 0 Å². The van der Waals surface area contributed by atoms with Crippen LogP contribution >= 0.6 is 0 Å². The Labute approximate surface area is 55.9 Å². The van der Waals surface area contributed by atoms with Crippen LogP contribution in [0, 0.1) is 0 Å². The second-order valence-corrected chi connectivity index (χ2v) is 1.86. The molecule has 0 saturated heterocycles. The fourth-order valence-electron chi connectivity index (χ4n) is 0.430. The molecule has 0 aromatic carbocycles. The maximum Gasteiger partial charge on any atom is 0.217 e. The first-order chi connectivity index (χ1) is 4.20. The van der Waals surface area contributed by atoms with E-state index in [4.69, 9.17) is 0 Å². The molecule has 0 atom stereocenters. The lowest BCUT2D eigenvalue weighted by atomic mass is 10.5. The van der Waals surface area contributed by atoms with Crippen LogP contribution in [-0.2, 0) is 0 Å². The Morgan fingerprint density at radius 1 is 1.33 bits per heavy atom. The lowest BCUT2D eigenvalue weighted by Gasteiger charge is -1.95. The van der Waals surface area contributed by atoms with Crippen molar-refractivity contribution < 1.29 is 0 Å². The molecule has 0 heterocycles. The van der Waals surface area contributed by atoms with Crippen LogP contribution in [0.25, 0.3) is 0 Å². The van der Waals surface area contributed by atoms with E-state index in [1.54, 1.807) is 14.1 Å². The van der Waals surface area contributed by atoms with E-state index in [0.29, 0.717) is 5.96 Å². The quantitative estimate of drug-likeness (QED) is 0.377. The summed E-state index contributed by atoms with van der Waals surface area (Å²) in [6.45, 7) is 3.87. The lowest BCUT2D eigenvalue weighted by Crippen LogP contribution is -2.16. The summed E-state index contributed by atoms with van der Waals surface area (Å²) in [5, 5.41) is 2.85. The molecular formula is C6H13N3. The molecule has 0 aliphatic carbocycles. The first kappa shape index (κ1) is 8.14. The fraction of sp³-hybridized carbons (Fsp3) is 0.667. The molecule has 0 aromatic heterocycles. The van der Waals surface area contributed by atoms with Crippen molar-refractivity contribution in [1.29, 1.82) is 0 Å². The largest absolute Gasteiger partial charge is 0.358 e. The molecule has 0 fully saturated rings. The van der Waals surface area contributed by atoms with Gasteiger partial charge in [-0.3, -0.25) is 4.99 Å². The van der Waals surface area contributed by atoms with Crippen LogP contribution in [0.2, 0.25) is 0 Å². The van der Waals surface area contributed by atoms with Crippen LogP contribution in [0.4, 0.5) is 0 Å². The van der Waals surface area contributed by atoms with Crippen molar-refractivity contribution in [3.63, 3.8) is 0 Å². The molecule has 0 radical (unpaired) electrons. The van der Waals surface area contributed by atoms with Gasteiger partial charge in [-0.25, -0.2) is 4.99 Å². The van der Waals surface area contributed by atoms with Gasteiger partial charge in [-0.2, -0.15) is 0 Å². The molecule has 1 N–H and O–H groups in total. The highest BCUT2D eigenvalue weighted by molar-refractivity contribution is 5.94. The Bertz CT molecular complexity index is 131. The highest BCUT2D eigenvalue weighted by atomic mass is 15.1. The van der Waals surface area contributed by atoms with Crippen LogP contribution < -0.4 is 5.32 Å². The molecule has 0 aliphatic rings. The number of guanidine groups is 1. The molecule has 0 bridgehead atoms. The van der Waals surface area contributed by atoms with Gasteiger partial charge in [0.2, 0.25) is 5.96 Å². The molecule has 52 valence electrons. The SMILES string of the molecule is CN=C(N=C(C)C)NC. The Kier molecular flexibility index (Phi) is 3.67. The summed E-state index contributed by atoms with van der Waals surface area (Å²) in [5.74, 6) is 0.676. The van der Waals surface area contributed by atoms with Gasteiger partial charge in [-0.15, -0.1) is 0 Å². The average Bonchev–Trinajstić information content (AvgIpc) is 1.82. The van der Waals surface area contributed by atoms with Crippen molar-refractivity contribution in [3.8, 4) is 0 Å². The number of hydrogen-bond donors (Lipinski definition) is 1. The summed E-state index contributed by atoms with van der Waals surface area (Å²) in [4.78, 5) is 7.93. The molecule has 0 unspecified atom stereocenters. The van der Waals surface area contributed by atoms with Gasteiger partial charge in [0.15, 0.2) is 0 Å². The average molecular weight is 127 g/mol. The van der Waals surface area contributed by atoms with Crippen LogP contribution in [0.3, 0.4) is 0 Å². The number of nitrogens with one attached hydrogen (secondary N) is 1. The summed E-state index contributed by atoms with van der Waals surface area (Å²) in [5.41, 5.74) is 1.00. The zero-order valence-electron chi connectivity index (χ0n) is 6.39. The third kappa shape index (κ3) is 3.70. The van der Waals surface area contributed by atoms with E-state index in [9.17, 15) is 0 Å². The van der Waals surface area contributed by atoms with E-state index in [0.717, 1.165) is 5.71 Å². The van der Waals surface area contributed by atoms with Gasteiger partial charge in [0.1, 0.15) is 0 Å². The van der Waals surface area contributed by atoms with Crippen molar-refractivity contribution >= 4 is 11.7 Å². The van der Waals surface area contributed by atoms with Gasteiger partial charge in [-0.1, -0.05) is 0 Å². The zero-order chi connectivity index (χ0) is 7.28. The second-order valence-electron chi connectivity index (χ2n) is 1.86. The van der Waals surface area contributed by atoms with Gasteiger partial charge in [0.25, 0.3) is 0 Å². The van der Waals surface area contributed by atoms with Crippen LogP contribution in [-0.4, -0.2) is 25.8 Å². The minimum absolute atomic E-state index is 0.676. The molecular weight excluding hydrogens is 114 g/mol. The molecule has 0 amide bonds. The normalized spacial score (nSPS) is 10.9. The minimum atomic E-state index is 0.676. The predicted octanol–water partition coefficient (Wildman–Crippen LogP) is 0.672. The summed E-state index contributed by atoms with van der Waals surface area (Å²) in [7, 11) is 3.51. The van der Waals surface area contributed by atoms with Gasteiger partial charge < -0.3 is 5.32 Å². The maximum atomic E-state index is 4.07. The van der Waals surface area contributed by atoms with Crippen molar-refractivity contribution in [2.24, 2.45) is 9.98 Å². The minimum Gasteiger partial charge on any atom is -0.358 e. The van der Waals surface area contributed by atoms with E-state index in [-0.39, 0.29) is 0 Å². The second kappa shape index (κ2) is 4.06. The number of aliphatic imine (C=N–C) groups is 2. The molecule has 0 aliphatic heterocycles. The van der Waals surface area contributed by atoms with Crippen LogP contribution in [0.15, 0.2) is 9.98 Å². The summed E-state index contributed by atoms with van der Waals surface area (Å²) in [6.07, 6.45) is 0. The van der Waals surface area contributed by atoms with Crippen molar-refractivity contribution in [1.82, 2.24) is 5.32 Å². The number of hydrogen-bond acceptors (Lipinski definition) is 1. The number of rotatable bonds is 0. The topological polar surface area (TPSA) is 36.8 Å². The predicted molar refractivity (Wildman–Crippen MR) is 41.2 cm³/mol.